The van der Waals surface area contributed by atoms with Gasteiger partial charge < -0.3 is 10.1 Å². The second-order valence-corrected chi connectivity index (χ2v) is 10.4. The molecule has 1 aromatic heterocycles. The summed E-state index contributed by atoms with van der Waals surface area (Å²) in [6.07, 6.45) is 1.90. The molecule has 3 heterocycles. The standard InChI is InChI=1S/C29H27ClF4N4O2.C2H6/c30-22-5-3-20(4-6-22)2-1-13-37-14-10-28(11-15-37)19-38(27(39)36-18-21-9-12-35-26(31)16-21)25-8-7-23(17-24(25)28)40-29(32,33)34;1-2/h1-9,12,16-17H,10-11,13-15,18-19H2,(H,36,39);1-2H3/b2-1+;. The summed E-state index contributed by atoms with van der Waals surface area (Å²) in [5.41, 5.74) is 2.27. The van der Waals surface area contributed by atoms with E-state index in [0.717, 1.165) is 12.1 Å². The quantitative estimate of drug-likeness (QED) is 0.233. The van der Waals surface area contributed by atoms with Gasteiger partial charge in [-0.05, 0) is 85.1 Å². The number of benzene rings is 2. The van der Waals surface area contributed by atoms with Crippen molar-refractivity contribution >= 4 is 29.4 Å². The molecule has 42 heavy (non-hydrogen) atoms. The fourth-order valence-electron chi connectivity index (χ4n) is 5.36. The third-order valence-electron chi connectivity index (χ3n) is 7.36. The number of carbonyl (C=O) groups excluding carboxylic acids is 1. The first-order valence-electron chi connectivity index (χ1n) is 13.8. The lowest BCUT2D eigenvalue weighted by atomic mass is 9.74. The van der Waals surface area contributed by atoms with Gasteiger partial charge in [0.05, 0.1) is 0 Å². The van der Waals surface area contributed by atoms with Gasteiger partial charge in [-0.15, -0.1) is 13.2 Å². The molecule has 2 aliphatic rings. The van der Waals surface area contributed by atoms with Crippen molar-refractivity contribution in [3.05, 3.63) is 94.5 Å². The van der Waals surface area contributed by atoms with Crippen molar-refractivity contribution in [3.8, 4) is 5.75 Å². The third-order valence-corrected chi connectivity index (χ3v) is 7.61. The molecular weight excluding hydrogens is 572 g/mol. The van der Waals surface area contributed by atoms with Crippen LogP contribution in [0.5, 0.6) is 5.75 Å². The molecule has 0 unspecified atom stereocenters. The molecule has 224 valence electrons. The molecule has 0 atom stereocenters. The van der Waals surface area contributed by atoms with Gasteiger partial charge >= 0.3 is 12.4 Å². The van der Waals surface area contributed by atoms with Crippen LogP contribution < -0.4 is 15.0 Å². The van der Waals surface area contributed by atoms with E-state index in [1.807, 2.05) is 44.2 Å². The van der Waals surface area contributed by atoms with Gasteiger partial charge in [-0.1, -0.05) is 49.7 Å². The van der Waals surface area contributed by atoms with Crippen LogP contribution in [-0.2, 0) is 12.0 Å². The number of pyridine rings is 1. The molecule has 1 spiro atoms. The topological polar surface area (TPSA) is 57.7 Å². The van der Waals surface area contributed by atoms with Crippen molar-refractivity contribution in [3.63, 3.8) is 0 Å². The number of nitrogens with zero attached hydrogens (tertiary/aromatic N) is 3. The Labute approximate surface area is 247 Å². The molecule has 0 bridgehead atoms. The largest absolute Gasteiger partial charge is 0.573 e. The average Bonchev–Trinajstić information content (AvgIpc) is 3.27. The Kier molecular flexibility index (Phi) is 10.1. The van der Waals surface area contributed by atoms with E-state index in [9.17, 15) is 22.4 Å². The van der Waals surface area contributed by atoms with Crippen LogP contribution in [0, 0.1) is 5.95 Å². The molecule has 1 fully saturated rings. The number of fused-ring (bicyclic) bond motifs is 2. The van der Waals surface area contributed by atoms with Crippen molar-refractivity contribution in [1.82, 2.24) is 15.2 Å². The van der Waals surface area contributed by atoms with E-state index in [-0.39, 0.29) is 12.3 Å². The number of aromatic nitrogens is 1. The average molecular weight is 605 g/mol. The van der Waals surface area contributed by atoms with Crippen molar-refractivity contribution in [2.24, 2.45) is 0 Å². The van der Waals surface area contributed by atoms with E-state index < -0.39 is 23.8 Å². The van der Waals surface area contributed by atoms with Gasteiger partial charge in [0.1, 0.15) is 5.75 Å². The highest BCUT2D eigenvalue weighted by Gasteiger charge is 2.47. The highest BCUT2D eigenvalue weighted by Crippen LogP contribution is 2.48. The molecule has 0 radical (unpaired) electrons. The third kappa shape index (κ3) is 7.80. The molecule has 2 aliphatic heterocycles. The number of rotatable bonds is 6. The van der Waals surface area contributed by atoms with Gasteiger partial charge in [0.2, 0.25) is 5.95 Å². The molecule has 1 N–H and O–H groups in total. The minimum atomic E-state index is -4.82. The molecular formula is C31H33ClF4N4O2. The summed E-state index contributed by atoms with van der Waals surface area (Å²) in [5.74, 6) is -0.961. The summed E-state index contributed by atoms with van der Waals surface area (Å²) in [4.78, 5) is 20.6. The van der Waals surface area contributed by atoms with Gasteiger partial charge in [-0.3, -0.25) is 9.80 Å². The summed E-state index contributed by atoms with van der Waals surface area (Å²) in [7, 11) is 0. The van der Waals surface area contributed by atoms with Crippen LogP contribution in [0.2, 0.25) is 5.02 Å². The zero-order valence-corrected chi connectivity index (χ0v) is 24.2. The molecule has 2 aromatic carbocycles. The Morgan fingerprint density at radius 3 is 2.48 bits per heavy atom. The predicted octanol–water partition coefficient (Wildman–Crippen LogP) is 7.58. The Hall–Kier alpha value is -3.63. The number of amides is 2. The number of halogens is 5. The Bertz CT molecular complexity index is 1390. The fraction of sp³-hybridized carbons (Fsp3) is 0.355. The normalized spacial score (nSPS) is 16.2. The molecule has 11 heteroatoms. The van der Waals surface area contributed by atoms with Crippen molar-refractivity contribution < 1.29 is 27.1 Å². The lowest BCUT2D eigenvalue weighted by Crippen LogP contribution is -2.47. The second-order valence-electron chi connectivity index (χ2n) is 9.99. The second kappa shape index (κ2) is 13.6. The highest BCUT2D eigenvalue weighted by molar-refractivity contribution is 6.30. The summed E-state index contributed by atoms with van der Waals surface area (Å²) < 4.78 is 56.6. The maximum absolute atomic E-state index is 13.5. The highest BCUT2D eigenvalue weighted by atomic mass is 35.5. The Balaban J connectivity index is 0.00000198. The molecule has 3 aromatic rings. The molecule has 0 saturated carbocycles. The lowest BCUT2D eigenvalue weighted by Gasteiger charge is -2.39. The summed E-state index contributed by atoms with van der Waals surface area (Å²) >= 11 is 5.94. The smallest absolute Gasteiger partial charge is 0.406 e. The van der Waals surface area contributed by atoms with Gasteiger partial charge in [-0.2, -0.15) is 4.39 Å². The zero-order chi connectivity index (χ0) is 30.3. The van der Waals surface area contributed by atoms with Crippen molar-refractivity contribution in [1.29, 1.82) is 0 Å². The molecule has 2 amide bonds. The first-order valence-corrected chi connectivity index (χ1v) is 14.2. The predicted molar refractivity (Wildman–Crippen MR) is 156 cm³/mol. The number of piperidine rings is 1. The molecule has 6 nitrogen and oxygen atoms in total. The maximum Gasteiger partial charge on any atom is 0.573 e. The number of hydrogen-bond donors (Lipinski definition) is 1. The SMILES string of the molecule is CC.O=C(NCc1ccnc(F)c1)N1CC2(CCN(C/C=C/c3ccc(Cl)cc3)CC2)c2cc(OC(F)(F)F)ccc21. The van der Waals surface area contributed by atoms with Crippen LogP contribution in [0.15, 0.2) is 66.9 Å². The zero-order valence-electron chi connectivity index (χ0n) is 23.4. The van der Waals surface area contributed by atoms with Gasteiger partial charge in [0.15, 0.2) is 0 Å². The van der Waals surface area contributed by atoms with Gasteiger partial charge in [0, 0.05) is 42.0 Å². The first kappa shape index (κ1) is 31.3. The number of urea groups is 1. The number of alkyl halides is 3. The van der Waals surface area contributed by atoms with E-state index in [1.54, 1.807) is 11.0 Å². The molecule has 1 saturated heterocycles. The minimum absolute atomic E-state index is 0.0834. The fourth-order valence-corrected chi connectivity index (χ4v) is 5.48. The van der Waals surface area contributed by atoms with Crippen LogP contribution in [0.4, 0.5) is 28.0 Å². The van der Waals surface area contributed by atoms with Gasteiger partial charge in [0.25, 0.3) is 0 Å². The number of hydrogen-bond acceptors (Lipinski definition) is 4. The molecule has 5 rings (SSSR count). The van der Waals surface area contributed by atoms with E-state index in [1.165, 1.54) is 30.5 Å². The molecule has 0 aliphatic carbocycles. The van der Waals surface area contributed by atoms with Crippen LogP contribution in [0.1, 0.15) is 43.4 Å². The van der Waals surface area contributed by atoms with Crippen LogP contribution in [0.25, 0.3) is 6.08 Å². The van der Waals surface area contributed by atoms with Gasteiger partial charge in [-0.25, -0.2) is 9.78 Å². The summed E-state index contributed by atoms with van der Waals surface area (Å²) in [6, 6.07) is 14.1. The number of carbonyl (C=O) groups is 1. The maximum atomic E-state index is 13.5. The number of likely N-dealkylation sites (tertiary alicyclic amines) is 1. The Morgan fingerprint density at radius 1 is 1.10 bits per heavy atom. The van der Waals surface area contributed by atoms with Crippen molar-refractivity contribution in [2.75, 3.05) is 31.1 Å². The summed E-state index contributed by atoms with van der Waals surface area (Å²) in [6.45, 7) is 6.54. The number of ether oxygens (including phenoxy) is 1. The number of anilines is 1. The monoisotopic (exact) mass is 604 g/mol. The summed E-state index contributed by atoms with van der Waals surface area (Å²) in [5, 5.41) is 3.47. The van der Waals surface area contributed by atoms with Crippen LogP contribution in [-0.4, -0.2) is 48.5 Å². The van der Waals surface area contributed by atoms with Crippen LogP contribution >= 0.6 is 11.6 Å². The Morgan fingerprint density at radius 2 is 1.81 bits per heavy atom. The van der Waals surface area contributed by atoms with Crippen molar-refractivity contribution in [2.45, 2.75) is 45.0 Å². The van der Waals surface area contributed by atoms with Crippen LogP contribution in [0.3, 0.4) is 0 Å². The minimum Gasteiger partial charge on any atom is -0.406 e. The van der Waals surface area contributed by atoms with E-state index in [2.05, 4.69) is 26.0 Å². The lowest BCUT2D eigenvalue weighted by molar-refractivity contribution is -0.274. The first-order chi connectivity index (χ1) is 20.1. The van der Waals surface area contributed by atoms with E-state index in [0.29, 0.717) is 54.3 Å². The van der Waals surface area contributed by atoms with E-state index >= 15 is 0 Å². The number of nitrogens with one attached hydrogen (secondary N) is 1. The van der Waals surface area contributed by atoms with E-state index in [4.69, 9.17) is 11.6 Å².